The van der Waals surface area contributed by atoms with Crippen LogP contribution in [0.5, 0.6) is 0 Å². The number of nitrogens with zero attached hydrogens (tertiary/aromatic N) is 3. The van der Waals surface area contributed by atoms with Gasteiger partial charge >= 0.3 is 5.69 Å². The standard InChI is InChI=1S/C13H24N4O2S/c1-5-7-11-12(17(18)19)13(16(4)15-11)14-10(3)8-9-20-6-2/h10,14H,5-9H2,1-4H3. The minimum Gasteiger partial charge on any atom is -0.362 e. The summed E-state index contributed by atoms with van der Waals surface area (Å²) >= 11 is 1.88. The Morgan fingerprint density at radius 3 is 2.75 bits per heavy atom. The summed E-state index contributed by atoms with van der Waals surface area (Å²) < 4.78 is 1.59. The van der Waals surface area contributed by atoms with Crippen LogP contribution in [0.1, 0.15) is 39.3 Å². The molecule has 0 spiro atoms. The summed E-state index contributed by atoms with van der Waals surface area (Å²) in [5.41, 5.74) is 0.696. The van der Waals surface area contributed by atoms with Crippen molar-refractivity contribution in [3.05, 3.63) is 15.8 Å². The van der Waals surface area contributed by atoms with Crippen molar-refractivity contribution in [3.63, 3.8) is 0 Å². The van der Waals surface area contributed by atoms with E-state index in [1.807, 2.05) is 25.6 Å². The van der Waals surface area contributed by atoms with E-state index in [9.17, 15) is 10.1 Å². The first-order chi connectivity index (χ1) is 9.51. The molecule has 0 aliphatic carbocycles. The molecule has 0 aliphatic rings. The van der Waals surface area contributed by atoms with Gasteiger partial charge in [0.15, 0.2) is 0 Å². The van der Waals surface area contributed by atoms with Crippen LogP contribution in [-0.2, 0) is 13.5 Å². The molecule has 1 unspecified atom stereocenters. The second-order valence-electron chi connectivity index (χ2n) is 4.81. The van der Waals surface area contributed by atoms with E-state index in [0.717, 1.165) is 24.3 Å². The second kappa shape index (κ2) is 8.14. The molecule has 6 nitrogen and oxygen atoms in total. The highest BCUT2D eigenvalue weighted by Crippen LogP contribution is 2.29. The molecule has 0 saturated carbocycles. The Balaban J connectivity index is 2.85. The van der Waals surface area contributed by atoms with Gasteiger partial charge < -0.3 is 5.32 Å². The average molecular weight is 300 g/mol. The maximum absolute atomic E-state index is 11.3. The van der Waals surface area contributed by atoms with Gasteiger partial charge in [0, 0.05) is 13.1 Å². The van der Waals surface area contributed by atoms with E-state index in [4.69, 9.17) is 0 Å². The third-order valence-corrected chi connectivity index (χ3v) is 3.98. The zero-order chi connectivity index (χ0) is 15.1. The predicted molar refractivity (Wildman–Crippen MR) is 84.6 cm³/mol. The Hall–Kier alpha value is -1.24. The van der Waals surface area contributed by atoms with Gasteiger partial charge in [-0.15, -0.1) is 0 Å². The Morgan fingerprint density at radius 2 is 2.20 bits per heavy atom. The fourth-order valence-corrected chi connectivity index (χ4v) is 2.85. The lowest BCUT2D eigenvalue weighted by Crippen LogP contribution is -2.19. The SMILES string of the molecule is CCCc1nn(C)c(NC(C)CCSCC)c1[N+](=O)[O-]. The van der Waals surface area contributed by atoms with Gasteiger partial charge in [-0.1, -0.05) is 20.3 Å². The van der Waals surface area contributed by atoms with Gasteiger partial charge in [-0.25, -0.2) is 4.68 Å². The lowest BCUT2D eigenvalue weighted by Gasteiger charge is -2.14. The van der Waals surface area contributed by atoms with Crippen molar-refractivity contribution in [2.75, 3.05) is 16.8 Å². The highest BCUT2D eigenvalue weighted by atomic mass is 32.2. The van der Waals surface area contributed by atoms with Gasteiger partial charge in [0.2, 0.25) is 5.82 Å². The first-order valence-corrected chi connectivity index (χ1v) is 8.21. The molecular weight excluding hydrogens is 276 g/mol. The number of hydrogen-bond donors (Lipinski definition) is 1. The van der Waals surface area contributed by atoms with Gasteiger partial charge in [0.1, 0.15) is 5.69 Å². The van der Waals surface area contributed by atoms with E-state index in [2.05, 4.69) is 17.3 Å². The summed E-state index contributed by atoms with van der Waals surface area (Å²) in [4.78, 5) is 11.0. The van der Waals surface area contributed by atoms with Crippen LogP contribution in [0.15, 0.2) is 0 Å². The quantitative estimate of drug-likeness (QED) is 0.430. The molecule has 1 N–H and O–H groups in total. The van der Waals surface area contributed by atoms with Gasteiger partial charge in [0.25, 0.3) is 0 Å². The smallest absolute Gasteiger partial charge is 0.333 e. The molecule has 1 aromatic rings. The summed E-state index contributed by atoms with van der Waals surface area (Å²) in [5, 5.41) is 18.8. The molecule has 0 radical (unpaired) electrons. The second-order valence-corrected chi connectivity index (χ2v) is 6.20. The fourth-order valence-electron chi connectivity index (χ4n) is 2.04. The van der Waals surface area contributed by atoms with Crippen molar-refractivity contribution < 1.29 is 4.92 Å². The van der Waals surface area contributed by atoms with Crippen LogP contribution in [0.4, 0.5) is 11.5 Å². The van der Waals surface area contributed by atoms with Crippen LogP contribution in [0.3, 0.4) is 0 Å². The van der Waals surface area contributed by atoms with E-state index in [-0.39, 0.29) is 16.7 Å². The molecular formula is C13H24N4O2S. The molecule has 0 aliphatic heterocycles. The lowest BCUT2D eigenvalue weighted by molar-refractivity contribution is -0.384. The number of hydrogen-bond acceptors (Lipinski definition) is 5. The highest BCUT2D eigenvalue weighted by molar-refractivity contribution is 7.99. The molecule has 20 heavy (non-hydrogen) atoms. The average Bonchev–Trinajstić information content (AvgIpc) is 2.67. The van der Waals surface area contributed by atoms with Crippen molar-refractivity contribution in [1.29, 1.82) is 0 Å². The Kier molecular flexibility index (Phi) is 6.84. The number of anilines is 1. The van der Waals surface area contributed by atoms with Crippen LogP contribution in [0.25, 0.3) is 0 Å². The van der Waals surface area contributed by atoms with Crippen LogP contribution in [-0.4, -0.2) is 32.3 Å². The zero-order valence-corrected chi connectivity index (χ0v) is 13.5. The number of rotatable bonds is 9. The first-order valence-electron chi connectivity index (χ1n) is 7.05. The predicted octanol–water partition coefficient (Wildman–Crippen LogP) is 3.22. The number of nitrogens with one attached hydrogen (secondary N) is 1. The largest absolute Gasteiger partial charge is 0.362 e. The Bertz CT molecular complexity index is 448. The third-order valence-electron chi connectivity index (χ3n) is 3.04. The lowest BCUT2D eigenvalue weighted by atomic mass is 10.2. The third kappa shape index (κ3) is 4.40. The summed E-state index contributed by atoms with van der Waals surface area (Å²) in [6.07, 6.45) is 2.45. The topological polar surface area (TPSA) is 73.0 Å². The Labute approximate surface area is 124 Å². The molecule has 1 atom stereocenters. The van der Waals surface area contributed by atoms with Crippen molar-refractivity contribution >= 4 is 23.3 Å². The van der Waals surface area contributed by atoms with Crippen LogP contribution >= 0.6 is 11.8 Å². The zero-order valence-electron chi connectivity index (χ0n) is 12.7. The van der Waals surface area contributed by atoms with Crippen LogP contribution in [0.2, 0.25) is 0 Å². The molecule has 1 aromatic heterocycles. The van der Waals surface area contributed by atoms with E-state index in [1.165, 1.54) is 0 Å². The monoisotopic (exact) mass is 300 g/mol. The Morgan fingerprint density at radius 1 is 1.50 bits per heavy atom. The molecule has 114 valence electrons. The maximum Gasteiger partial charge on any atom is 0.333 e. The molecule has 0 amide bonds. The number of nitro groups is 1. The van der Waals surface area contributed by atoms with Gasteiger partial charge in [-0.3, -0.25) is 10.1 Å². The van der Waals surface area contributed by atoms with E-state index >= 15 is 0 Å². The highest BCUT2D eigenvalue weighted by Gasteiger charge is 2.26. The maximum atomic E-state index is 11.3. The molecule has 0 fully saturated rings. The molecule has 1 heterocycles. The number of aromatic nitrogens is 2. The van der Waals surface area contributed by atoms with Gasteiger partial charge in [-0.05, 0) is 31.3 Å². The van der Waals surface area contributed by atoms with E-state index < -0.39 is 0 Å². The van der Waals surface area contributed by atoms with Crippen LogP contribution < -0.4 is 5.32 Å². The minimum atomic E-state index is -0.326. The first kappa shape index (κ1) is 16.8. The van der Waals surface area contributed by atoms with Crippen molar-refractivity contribution in [2.45, 2.75) is 46.1 Å². The molecule has 7 heteroatoms. The van der Waals surface area contributed by atoms with Crippen molar-refractivity contribution in [3.8, 4) is 0 Å². The number of aryl methyl sites for hydroxylation is 2. The van der Waals surface area contributed by atoms with E-state index in [0.29, 0.717) is 17.9 Å². The number of thioether (sulfide) groups is 1. The van der Waals surface area contributed by atoms with Gasteiger partial charge in [-0.2, -0.15) is 16.9 Å². The molecule has 0 bridgehead atoms. The van der Waals surface area contributed by atoms with Crippen molar-refractivity contribution in [1.82, 2.24) is 9.78 Å². The van der Waals surface area contributed by atoms with Crippen LogP contribution in [0, 0.1) is 10.1 Å². The summed E-state index contributed by atoms with van der Waals surface area (Å²) in [7, 11) is 1.75. The molecule has 0 aromatic carbocycles. The van der Waals surface area contributed by atoms with Crippen molar-refractivity contribution in [2.24, 2.45) is 7.05 Å². The summed E-state index contributed by atoms with van der Waals surface area (Å²) in [6.45, 7) is 6.17. The fraction of sp³-hybridized carbons (Fsp3) is 0.769. The molecule has 1 rings (SSSR count). The summed E-state index contributed by atoms with van der Waals surface area (Å²) in [6, 6.07) is 0.192. The summed E-state index contributed by atoms with van der Waals surface area (Å²) in [5.74, 6) is 2.67. The molecule has 0 saturated heterocycles. The van der Waals surface area contributed by atoms with E-state index in [1.54, 1.807) is 11.7 Å². The minimum absolute atomic E-state index is 0.129. The normalized spacial score (nSPS) is 12.4. The van der Waals surface area contributed by atoms with Gasteiger partial charge in [0.05, 0.1) is 4.92 Å².